The molecule has 0 radical (unpaired) electrons. The Hall–Kier alpha value is -6.08. The first kappa shape index (κ1) is 22.4. The van der Waals surface area contributed by atoms with E-state index in [1.807, 2.05) is 97.1 Å². The Morgan fingerprint density at radius 2 is 0.974 bits per heavy atom. The van der Waals surface area contributed by atoms with Crippen molar-refractivity contribution in [2.24, 2.45) is 0 Å². The summed E-state index contributed by atoms with van der Waals surface area (Å²) in [5, 5.41) is 44.1. The lowest BCUT2D eigenvalue weighted by atomic mass is 10.1. The van der Waals surface area contributed by atoms with E-state index in [4.69, 9.17) is 0 Å². The van der Waals surface area contributed by atoms with E-state index in [9.17, 15) is 21.0 Å². The number of rotatable bonds is 2. The minimum Gasteiger partial charge on any atom is -0.309 e. The van der Waals surface area contributed by atoms with E-state index < -0.39 is 0 Å². The molecule has 0 N–H and O–H groups in total. The highest BCUT2D eigenvalue weighted by Gasteiger charge is 2.21. The van der Waals surface area contributed by atoms with Crippen LogP contribution in [0.25, 0.3) is 55.1 Å². The van der Waals surface area contributed by atoms with Crippen molar-refractivity contribution in [3.05, 3.63) is 108 Å². The number of hydrogen-bond acceptors (Lipinski definition) is 4. The average Bonchev–Trinajstić information content (AvgIpc) is 3.49. The van der Waals surface area contributed by atoms with Gasteiger partial charge in [-0.25, -0.2) is 0 Å². The van der Waals surface area contributed by atoms with Crippen LogP contribution in [0.5, 0.6) is 0 Å². The molecular formula is C32H16N6. The number of aromatic nitrogens is 2. The number of benzene rings is 4. The second-order valence-corrected chi connectivity index (χ2v) is 8.63. The Morgan fingerprint density at radius 3 is 1.55 bits per heavy atom. The van der Waals surface area contributed by atoms with Gasteiger partial charge < -0.3 is 9.13 Å². The molecule has 0 unspecified atom stereocenters. The van der Waals surface area contributed by atoms with Crippen LogP contribution in [0.4, 0.5) is 0 Å². The molecule has 0 saturated carbocycles. The SMILES string of the molecule is N#CC(C#N)=c1c2cccc(-n3c4ccccc4c4ccccc43)c2c(=C(C#N)C#N)n1-c1ccccc1. The number of fused-ring (bicyclic) bond motifs is 4. The van der Waals surface area contributed by atoms with Gasteiger partial charge in [-0.05, 0) is 30.3 Å². The Bertz CT molecular complexity index is 2140. The zero-order valence-electron chi connectivity index (χ0n) is 19.9. The number of nitriles is 4. The van der Waals surface area contributed by atoms with Crippen LogP contribution in [0.15, 0.2) is 97.1 Å². The molecular weight excluding hydrogens is 468 g/mol. The van der Waals surface area contributed by atoms with Crippen molar-refractivity contribution in [2.45, 2.75) is 0 Å². The molecule has 4 aromatic carbocycles. The highest BCUT2D eigenvalue weighted by atomic mass is 15.0. The van der Waals surface area contributed by atoms with Crippen molar-refractivity contribution >= 4 is 43.7 Å². The Labute approximate surface area is 217 Å². The molecule has 0 saturated heterocycles. The molecule has 0 spiro atoms. The number of hydrogen-bond donors (Lipinski definition) is 0. The fourth-order valence-electron chi connectivity index (χ4n) is 5.28. The van der Waals surface area contributed by atoms with Gasteiger partial charge in [-0.2, -0.15) is 21.0 Å². The lowest BCUT2D eigenvalue weighted by Crippen LogP contribution is -2.28. The van der Waals surface area contributed by atoms with E-state index in [1.54, 1.807) is 4.57 Å². The quantitative estimate of drug-likeness (QED) is 0.340. The molecule has 6 rings (SSSR count). The van der Waals surface area contributed by atoms with Crippen molar-refractivity contribution in [1.29, 1.82) is 21.0 Å². The maximum atomic E-state index is 10.1. The van der Waals surface area contributed by atoms with Crippen LogP contribution in [0.3, 0.4) is 0 Å². The van der Waals surface area contributed by atoms with Gasteiger partial charge in [-0.3, -0.25) is 0 Å². The van der Waals surface area contributed by atoms with Crippen molar-refractivity contribution in [3.8, 4) is 35.7 Å². The number of nitrogens with zero attached hydrogens (tertiary/aromatic N) is 6. The molecule has 0 aliphatic carbocycles. The van der Waals surface area contributed by atoms with E-state index in [-0.39, 0.29) is 11.1 Å². The first-order valence-corrected chi connectivity index (χ1v) is 11.8. The van der Waals surface area contributed by atoms with E-state index in [2.05, 4.69) is 28.8 Å². The minimum atomic E-state index is -0.117. The number of para-hydroxylation sites is 3. The van der Waals surface area contributed by atoms with E-state index >= 15 is 0 Å². The van der Waals surface area contributed by atoms with Crippen molar-refractivity contribution in [2.75, 3.05) is 0 Å². The Kier molecular flexibility index (Phi) is 5.22. The molecule has 0 aliphatic heterocycles. The smallest absolute Gasteiger partial charge is 0.154 e. The molecule has 6 nitrogen and oxygen atoms in total. The molecule has 174 valence electrons. The molecule has 0 fully saturated rings. The summed E-state index contributed by atoms with van der Waals surface area (Å²) in [7, 11) is 0. The van der Waals surface area contributed by atoms with Crippen molar-refractivity contribution < 1.29 is 0 Å². The van der Waals surface area contributed by atoms with Crippen molar-refractivity contribution in [1.82, 2.24) is 9.13 Å². The largest absolute Gasteiger partial charge is 0.309 e. The predicted molar refractivity (Wildman–Crippen MR) is 146 cm³/mol. The predicted octanol–water partition coefficient (Wildman–Crippen LogP) is 5.12. The minimum absolute atomic E-state index is 0.111. The van der Waals surface area contributed by atoms with Gasteiger partial charge in [0.2, 0.25) is 0 Å². The van der Waals surface area contributed by atoms with Crippen LogP contribution >= 0.6 is 0 Å². The van der Waals surface area contributed by atoms with Gasteiger partial charge in [-0.1, -0.05) is 66.7 Å². The van der Waals surface area contributed by atoms with Gasteiger partial charge in [0.1, 0.15) is 24.3 Å². The fourth-order valence-corrected chi connectivity index (χ4v) is 5.28. The first-order valence-electron chi connectivity index (χ1n) is 11.8. The summed E-state index contributed by atoms with van der Waals surface area (Å²) in [6, 6.07) is 39.1. The molecule has 0 atom stereocenters. The molecule has 0 amide bonds. The highest BCUT2D eigenvalue weighted by Crippen LogP contribution is 2.33. The summed E-state index contributed by atoms with van der Waals surface area (Å²) < 4.78 is 3.80. The molecule has 6 aromatic rings. The normalized spacial score (nSPS) is 10.5. The van der Waals surface area contributed by atoms with Gasteiger partial charge in [0.15, 0.2) is 11.1 Å². The van der Waals surface area contributed by atoms with Gasteiger partial charge in [0.25, 0.3) is 0 Å². The van der Waals surface area contributed by atoms with Gasteiger partial charge >= 0.3 is 0 Å². The third kappa shape index (κ3) is 3.09. The summed E-state index contributed by atoms with van der Waals surface area (Å²) in [5.74, 6) is 0. The van der Waals surface area contributed by atoms with Gasteiger partial charge in [0.05, 0.1) is 27.4 Å². The topological polar surface area (TPSA) is 105 Å². The van der Waals surface area contributed by atoms with Crippen LogP contribution < -0.4 is 10.7 Å². The van der Waals surface area contributed by atoms with Crippen LogP contribution in [0.2, 0.25) is 0 Å². The monoisotopic (exact) mass is 484 g/mol. The molecule has 6 heteroatoms. The van der Waals surface area contributed by atoms with Crippen LogP contribution in [-0.2, 0) is 0 Å². The van der Waals surface area contributed by atoms with Crippen LogP contribution in [-0.4, -0.2) is 9.13 Å². The summed E-state index contributed by atoms with van der Waals surface area (Å²) in [6.45, 7) is 0. The lowest BCUT2D eigenvalue weighted by molar-refractivity contribution is 0.998. The standard InChI is InChI=1S/C32H16N6/c33-17-21(18-34)31-26-13-8-16-29(38-27-14-6-4-11-24(27)25-12-5-7-15-28(25)38)30(26)32(22(19-35)20-36)37(31)23-9-2-1-3-10-23/h1-16H. The Balaban J connectivity index is 1.99. The molecule has 0 bridgehead atoms. The van der Waals surface area contributed by atoms with E-state index in [1.165, 1.54) is 0 Å². The van der Waals surface area contributed by atoms with Crippen LogP contribution in [0, 0.1) is 45.3 Å². The maximum Gasteiger partial charge on any atom is 0.154 e. The first-order chi connectivity index (χ1) is 18.7. The lowest BCUT2D eigenvalue weighted by Gasteiger charge is -2.10. The second-order valence-electron chi connectivity index (χ2n) is 8.63. The van der Waals surface area contributed by atoms with Gasteiger partial charge in [0, 0.05) is 27.2 Å². The third-order valence-corrected chi connectivity index (χ3v) is 6.74. The molecule has 38 heavy (non-hydrogen) atoms. The Morgan fingerprint density at radius 1 is 0.474 bits per heavy atom. The van der Waals surface area contributed by atoms with E-state index in [0.29, 0.717) is 27.2 Å². The van der Waals surface area contributed by atoms with E-state index in [0.717, 1.165) is 27.5 Å². The van der Waals surface area contributed by atoms with Crippen LogP contribution in [0.1, 0.15) is 0 Å². The second kappa shape index (κ2) is 8.85. The molecule has 2 heterocycles. The third-order valence-electron chi connectivity index (χ3n) is 6.74. The molecule has 0 aliphatic rings. The molecule has 2 aromatic heterocycles. The summed E-state index contributed by atoms with van der Waals surface area (Å²) in [4.78, 5) is 0. The van der Waals surface area contributed by atoms with Gasteiger partial charge in [-0.15, -0.1) is 0 Å². The maximum absolute atomic E-state index is 10.1. The van der Waals surface area contributed by atoms with Crippen molar-refractivity contribution in [3.63, 3.8) is 0 Å². The summed E-state index contributed by atoms with van der Waals surface area (Å²) >= 11 is 0. The zero-order chi connectivity index (χ0) is 26.2. The fraction of sp³-hybridized carbons (Fsp3) is 0. The highest BCUT2D eigenvalue weighted by molar-refractivity contribution is 6.11. The average molecular weight is 485 g/mol. The zero-order valence-corrected chi connectivity index (χ0v) is 19.9. The summed E-state index contributed by atoms with van der Waals surface area (Å²) in [6.07, 6.45) is 0. The summed E-state index contributed by atoms with van der Waals surface area (Å²) in [5.41, 5.74) is 3.06.